The molecule has 0 fully saturated rings. The zero-order chi connectivity index (χ0) is 17.6. The van der Waals surface area contributed by atoms with Crippen molar-refractivity contribution in [1.29, 1.82) is 0 Å². The van der Waals surface area contributed by atoms with Crippen LogP contribution < -0.4 is 5.32 Å². The third-order valence-electron chi connectivity index (χ3n) is 3.81. The van der Waals surface area contributed by atoms with E-state index in [2.05, 4.69) is 5.32 Å². The number of aromatic nitrogens is 1. The first-order valence-electron chi connectivity index (χ1n) is 7.90. The normalized spacial score (nSPS) is 10.3. The van der Waals surface area contributed by atoms with Crippen molar-refractivity contribution in [1.82, 2.24) is 9.88 Å². The fraction of sp³-hybridized carbons (Fsp3) is 0.100. The summed E-state index contributed by atoms with van der Waals surface area (Å²) in [7, 11) is 1.59. The molecule has 0 aliphatic carbocycles. The first kappa shape index (κ1) is 16.5. The molecule has 0 aliphatic rings. The van der Waals surface area contributed by atoms with Crippen LogP contribution in [0.4, 0.5) is 0 Å². The minimum absolute atomic E-state index is 0.151. The van der Waals surface area contributed by atoms with Crippen molar-refractivity contribution in [3.8, 4) is 5.69 Å². The zero-order valence-corrected chi connectivity index (χ0v) is 13.8. The van der Waals surface area contributed by atoms with E-state index in [1.54, 1.807) is 54.2 Å². The topological polar surface area (TPSA) is 60.3 Å². The van der Waals surface area contributed by atoms with E-state index in [9.17, 15) is 9.59 Å². The van der Waals surface area contributed by atoms with Crippen LogP contribution in [0.15, 0.2) is 72.9 Å². The largest absolute Gasteiger partial charge is 0.456 e. The summed E-state index contributed by atoms with van der Waals surface area (Å²) in [4.78, 5) is 24.0. The summed E-state index contributed by atoms with van der Waals surface area (Å²) in [5, 5.41) is 2.58. The molecule has 5 nitrogen and oxygen atoms in total. The van der Waals surface area contributed by atoms with Crippen LogP contribution in [0.25, 0.3) is 5.69 Å². The van der Waals surface area contributed by atoms with Gasteiger partial charge in [0.2, 0.25) is 0 Å². The monoisotopic (exact) mass is 334 g/mol. The van der Waals surface area contributed by atoms with E-state index >= 15 is 0 Å². The Morgan fingerprint density at radius 3 is 2.36 bits per heavy atom. The molecule has 25 heavy (non-hydrogen) atoms. The highest BCUT2D eigenvalue weighted by Gasteiger charge is 2.14. The van der Waals surface area contributed by atoms with Crippen LogP contribution in [-0.2, 0) is 11.3 Å². The molecular formula is C20H18N2O3. The van der Waals surface area contributed by atoms with Gasteiger partial charge in [-0.15, -0.1) is 0 Å². The Morgan fingerprint density at radius 1 is 0.960 bits per heavy atom. The Hall–Kier alpha value is -3.34. The quantitative estimate of drug-likeness (QED) is 0.729. The van der Waals surface area contributed by atoms with Crippen molar-refractivity contribution >= 4 is 11.9 Å². The number of benzene rings is 2. The molecule has 126 valence electrons. The van der Waals surface area contributed by atoms with Crippen molar-refractivity contribution in [3.63, 3.8) is 0 Å². The molecule has 3 rings (SSSR count). The van der Waals surface area contributed by atoms with Crippen molar-refractivity contribution in [2.75, 3.05) is 7.05 Å². The number of hydrogen-bond acceptors (Lipinski definition) is 3. The lowest BCUT2D eigenvalue weighted by atomic mass is 10.2. The van der Waals surface area contributed by atoms with Crippen molar-refractivity contribution in [3.05, 3.63) is 89.7 Å². The van der Waals surface area contributed by atoms with Crippen LogP contribution in [0, 0.1) is 0 Å². The van der Waals surface area contributed by atoms with E-state index < -0.39 is 5.97 Å². The highest BCUT2D eigenvalue weighted by atomic mass is 16.5. The number of carbonyl (C=O) groups excluding carboxylic acids is 2. The summed E-state index contributed by atoms with van der Waals surface area (Å²) >= 11 is 0. The number of rotatable bonds is 5. The predicted molar refractivity (Wildman–Crippen MR) is 94.7 cm³/mol. The van der Waals surface area contributed by atoms with Gasteiger partial charge in [-0.1, -0.05) is 30.3 Å². The summed E-state index contributed by atoms with van der Waals surface area (Å²) in [6.07, 6.45) is 1.79. The lowest BCUT2D eigenvalue weighted by molar-refractivity contribution is 0.0463. The summed E-state index contributed by atoms with van der Waals surface area (Å²) < 4.78 is 7.13. The van der Waals surface area contributed by atoms with E-state index in [0.29, 0.717) is 11.3 Å². The number of amides is 1. The van der Waals surface area contributed by atoms with Crippen molar-refractivity contribution in [2.45, 2.75) is 6.61 Å². The van der Waals surface area contributed by atoms with Gasteiger partial charge in [0.05, 0.1) is 0 Å². The average Bonchev–Trinajstić information content (AvgIpc) is 3.16. The standard InChI is InChI=1S/C20H18N2O3/c1-21-19(23)16-9-11-17(12-10-16)22-13-5-8-18(22)20(24)25-14-15-6-3-2-4-7-15/h2-13H,14H2,1H3,(H,21,23). The lowest BCUT2D eigenvalue weighted by Crippen LogP contribution is -2.17. The van der Waals surface area contributed by atoms with Gasteiger partial charge in [-0.05, 0) is 42.0 Å². The van der Waals surface area contributed by atoms with Gasteiger partial charge in [0.1, 0.15) is 12.3 Å². The fourth-order valence-electron chi connectivity index (χ4n) is 2.49. The van der Waals surface area contributed by atoms with Gasteiger partial charge in [0.25, 0.3) is 5.91 Å². The molecular weight excluding hydrogens is 316 g/mol. The third kappa shape index (κ3) is 3.77. The molecule has 2 aromatic carbocycles. The second-order valence-electron chi connectivity index (χ2n) is 5.45. The van der Waals surface area contributed by atoms with Crippen molar-refractivity contribution in [2.24, 2.45) is 0 Å². The first-order chi connectivity index (χ1) is 12.2. The molecule has 0 unspecified atom stereocenters. The molecule has 0 saturated heterocycles. The Labute approximate surface area is 145 Å². The molecule has 5 heteroatoms. The molecule has 1 heterocycles. The minimum atomic E-state index is -0.399. The van der Waals surface area contributed by atoms with Crippen molar-refractivity contribution < 1.29 is 14.3 Å². The smallest absolute Gasteiger partial charge is 0.355 e. The molecule has 0 bridgehead atoms. The highest BCUT2D eigenvalue weighted by Crippen LogP contribution is 2.15. The van der Waals surface area contributed by atoms with Gasteiger partial charge in [-0.3, -0.25) is 4.79 Å². The van der Waals surface area contributed by atoms with Crippen LogP contribution in [0.5, 0.6) is 0 Å². The maximum atomic E-state index is 12.4. The molecule has 0 spiro atoms. The Morgan fingerprint density at radius 2 is 1.68 bits per heavy atom. The molecule has 1 amide bonds. The van der Waals surface area contributed by atoms with Gasteiger partial charge in [0, 0.05) is 24.5 Å². The maximum absolute atomic E-state index is 12.4. The van der Waals surface area contributed by atoms with Gasteiger partial charge >= 0.3 is 5.97 Å². The Kier molecular flexibility index (Phi) is 4.95. The fourth-order valence-corrected chi connectivity index (χ4v) is 2.49. The van der Waals surface area contributed by atoms with E-state index in [-0.39, 0.29) is 12.5 Å². The van der Waals surface area contributed by atoms with Gasteiger partial charge in [0.15, 0.2) is 0 Å². The molecule has 0 saturated carbocycles. The van der Waals surface area contributed by atoms with Gasteiger partial charge in [-0.25, -0.2) is 4.79 Å². The number of esters is 1. The highest BCUT2D eigenvalue weighted by molar-refractivity contribution is 5.94. The SMILES string of the molecule is CNC(=O)c1ccc(-n2cccc2C(=O)OCc2ccccc2)cc1. The Bertz CT molecular complexity index is 867. The van der Waals surface area contributed by atoms with Gasteiger partial charge < -0.3 is 14.6 Å². The number of nitrogens with one attached hydrogen (secondary N) is 1. The van der Waals surface area contributed by atoms with Gasteiger partial charge in [-0.2, -0.15) is 0 Å². The molecule has 0 radical (unpaired) electrons. The second kappa shape index (κ2) is 7.49. The van der Waals surface area contributed by atoms with Crippen LogP contribution in [0.1, 0.15) is 26.4 Å². The number of hydrogen-bond donors (Lipinski definition) is 1. The molecule has 0 aliphatic heterocycles. The number of ether oxygens (including phenoxy) is 1. The summed E-state index contributed by atoms with van der Waals surface area (Å²) in [5.74, 6) is -0.550. The number of carbonyl (C=O) groups is 2. The summed E-state index contributed by atoms with van der Waals surface area (Å²) in [5.41, 5.74) is 2.71. The van der Waals surface area contributed by atoms with E-state index in [1.807, 2.05) is 30.3 Å². The van der Waals surface area contributed by atoms with Crippen LogP contribution in [0.2, 0.25) is 0 Å². The minimum Gasteiger partial charge on any atom is -0.456 e. The molecule has 1 aromatic heterocycles. The maximum Gasteiger partial charge on any atom is 0.355 e. The van der Waals surface area contributed by atoms with E-state index in [1.165, 1.54) is 0 Å². The van der Waals surface area contributed by atoms with E-state index in [4.69, 9.17) is 4.74 Å². The van der Waals surface area contributed by atoms with Crippen LogP contribution in [-0.4, -0.2) is 23.5 Å². The first-order valence-corrected chi connectivity index (χ1v) is 7.90. The molecule has 3 aromatic rings. The zero-order valence-electron chi connectivity index (χ0n) is 13.8. The predicted octanol–water partition coefficient (Wildman–Crippen LogP) is 3.19. The van der Waals surface area contributed by atoms with E-state index in [0.717, 1.165) is 11.3 Å². The summed E-state index contributed by atoms with van der Waals surface area (Å²) in [6, 6.07) is 20.0. The van der Waals surface area contributed by atoms with Crippen LogP contribution >= 0.6 is 0 Å². The number of nitrogens with zero attached hydrogens (tertiary/aromatic N) is 1. The Balaban J connectivity index is 1.75. The second-order valence-corrected chi connectivity index (χ2v) is 5.45. The lowest BCUT2D eigenvalue weighted by Gasteiger charge is -2.10. The summed E-state index contributed by atoms with van der Waals surface area (Å²) in [6.45, 7) is 0.223. The van der Waals surface area contributed by atoms with Crippen LogP contribution in [0.3, 0.4) is 0 Å². The average molecular weight is 334 g/mol. The molecule has 1 N–H and O–H groups in total. The third-order valence-corrected chi connectivity index (χ3v) is 3.81. The molecule has 0 atom stereocenters.